The molecule has 0 aliphatic carbocycles. The number of carbonyl (C=O) groups is 3. The summed E-state index contributed by atoms with van der Waals surface area (Å²) in [6.45, 7) is 7.18. The molecule has 1 fully saturated rings. The molecule has 2 unspecified atom stereocenters. The fraction of sp³-hybridized carbons (Fsp3) is 0.571. The summed E-state index contributed by atoms with van der Waals surface area (Å²) in [7, 11) is 0. The summed E-state index contributed by atoms with van der Waals surface area (Å²) in [5.74, 6) is -1.28. The lowest BCUT2D eigenvalue weighted by Gasteiger charge is -2.30. The van der Waals surface area contributed by atoms with Gasteiger partial charge in [-0.2, -0.15) is 5.10 Å². The van der Waals surface area contributed by atoms with Crippen molar-refractivity contribution >= 4 is 23.5 Å². The molecule has 2 rings (SSSR count). The van der Waals surface area contributed by atoms with Gasteiger partial charge in [0, 0.05) is 24.6 Å². The molecule has 9 nitrogen and oxygen atoms in total. The fourth-order valence-electron chi connectivity index (χ4n) is 2.30. The Morgan fingerprint density at radius 3 is 2.70 bits per heavy atom. The molecule has 2 atom stereocenters. The summed E-state index contributed by atoms with van der Waals surface area (Å²) in [4.78, 5) is 35.4. The zero-order valence-corrected chi connectivity index (χ0v) is 13.6. The molecule has 1 aliphatic heterocycles. The van der Waals surface area contributed by atoms with Crippen molar-refractivity contribution in [3.05, 3.63) is 11.8 Å². The first-order valence-corrected chi connectivity index (χ1v) is 7.49. The smallest absolute Gasteiger partial charge is 0.314 e. The highest BCUT2D eigenvalue weighted by Crippen LogP contribution is 2.17. The van der Waals surface area contributed by atoms with Crippen LogP contribution in [-0.2, 0) is 14.4 Å². The monoisotopic (exact) mass is 322 g/mol. The van der Waals surface area contributed by atoms with Gasteiger partial charge in [0.1, 0.15) is 5.82 Å². The van der Waals surface area contributed by atoms with Crippen molar-refractivity contribution < 1.29 is 14.4 Å². The lowest BCUT2D eigenvalue weighted by atomic mass is 10.2. The van der Waals surface area contributed by atoms with Gasteiger partial charge < -0.3 is 16.0 Å². The quantitative estimate of drug-likeness (QED) is 0.565. The molecule has 0 spiro atoms. The van der Waals surface area contributed by atoms with Gasteiger partial charge in [-0.05, 0) is 27.7 Å². The number of amides is 3. The first-order chi connectivity index (χ1) is 10.8. The molecule has 0 aromatic carbocycles. The highest BCUT2D eigenvalue weighted by Gasteiger charge is 2.27. The molecule has 9 heteroatoms. The molecule has 4 N–H and O–H groups in total. The highest BCUT2D eigenvalue weighted by atomic mass is 16.2. The fourth-order valence-corrected chi connectivity index (χ4v) is 2.30. The lowest BCUT2D eigenvalue weighted by Crippen LogP contribution is -2.52. The largest absolute Gasteiger partial charge is 0.346 e. The molecule has 1 aromatic heterocycles. The molecule has 0 saturated carbocycles. The van der Waals surface area contributed by atoms with E-state index in [1.54, 1.807) is 26.8 Å². The minimum Gasteiger partial charge on any atom is -0.346 e. The van der Waals surface area contributed by atoms with Crippen LogP contribution in [0.1, 0.15) is 39.2 Å². The van der Waals surface area contributed by atoms with E-state index in [9.17, 15) is 14.4 Å². The van der Waals surface area contributed by atoms with Crippen LogP contribution in [0.3, 0.4) is 0 Å². The number of aryl methyl sites for hydroxylation is 1. The van der Waals surface area contributed by atoms with Gasteiger partial charge in [-0.1, -0.05) is 0 Å². The van der Waals surface area contributed by atoms with Gasteiger partial charge >= 0.3 is 11.8 Å². The van der Waals surface area contributed by atoms with Crippen molar-refractivity contribution in [1.29, 1.82) is 0 Å². The number of rotatable bonds is 3. The minimum absolute atomic E-state index is 0.0222. The average Bonchev–Trinajstić information content (AvgIpc) is 2.77. The van der Waals surface area contributed by atoms with Crippen LogP contribution in [0.4, 0.5) is 5.82 Å². The van der Waals surface area contributed by atoms with Crippen LogP contribution in [0.2, 0.25) is 0 Å². The lowest BCUT2D eigenvalue weighted by molar-refractivity contribution is -0.136. The second-order valence-corrected chi connectivity index (χ2v) is 5.94. The van der Waals surface area contributed by atoms with Gasteiger partial charge in [-0.15, -0.1) is 0 Å². The van der Waals surface area contributed by atoms with Crippen LogP contribution in [0.15, 0.2) is 6.07 Å². The maximum atomic E-state index is 11.9. The zero-order chi connectivity index (χ0) is 17.1. The van der Waals surface area contributed by atoms with Crippen LogP contribution < -0.4 is 21.3 Å². The summed E-state index contributed by atoms with van der Waals surface area (Å²) in [5.41, 5.74) is 0.652. The van der Waals surface area contributed by atoms with Crippen molar-refractivity contribution in [1.82, 2.24) is 25.7 Å². The van der Waals surface area contributed by atoms with E-state index in [2.05, 4.69) is 26.4 Å². The highest BCUT2D eigenvalue weighted by molar-refractivity contribution is 6.39. The molecule has 3 amide bonds. The summed E-state index contributed by atoms with van der Waals surface area (Å²) in [6.07, 6.45) is -0.210. The van der Waals surface area contributed by atoms with Crippen LogP contribution >= 0.6 is 0 Å². The van der Waals surface area contributed by atoms with E-state index in [1.165, 1.54) is 4.68 Å². The predicted octanol–water partition coefficient (Wildman–Crippen LogP) is -0.391. The normalized spacial score (nSPS) is 21.0. The van der Waals surface area contributed by atoms with Gasteiger partial charge in [0.05, 0.1) is 5.69 Å². The van der Waals surface area contributed by atoms with Gasteiger partial charge in [0.25, 0.3) is 0 Å². The molecule has 1 saturated heterocycles. The van der Waals surface area contributed by atoms with Crippen molar-refractivity contribution in [2.75, 3.05) is 5.32 Å². The molecule has 2 heterocycles. The number of hydrogen-bond donors (Lipinski definition) is 4. The molecule has 0 radical (unpaired) electrons. The van der Waals surface area contributed by atoms with E-state index in [1.807, 2.05) is 6.92 Å². The third-order valence-electron chi connectivity index (χ3n) is 3.20. The number of nitrogens with zero attached hydrogens (tertiary/aromatic N) is 2. The van der Waals surface area contributed by atoms with E-state index in [0.717, 1.165) is 0 Å². The van der Waals surface area contributed by atoms with Crippen LogP contribution in [0.25, 0.3) is 0 Å². The number of carbonyl (C=O) groups excluding carboxylic acids is 3. The first kappa shape index (κ1) is 16.9. The Balaban J connectivity index is 2.16. The second kappa shape index (κ2) is 6.78. The van der Waals surface area contributed by atoms with Crippen molar-refractivity contribution in [2.24, 2.45) is 0 Å². The maximum absolute atomic E-state index is 11.9. The Bertz CT molecular complexity index is 624. The third kappa shape index (κ3) is 4.28. The summed E-state index contributed by atoms with van der Waals surface area (Å²) < 4.78 is 1.45. The number of hydrogen-bond acceptors (Lipinski definition) is 5. The van der Waals surface area contributed by atoms with Crippen LogP contribution in [-0.4, -0.2) is 39.6 Å². The average molecular weight is 322 g/mol. The number of aromatic nitrogens is 2. The summed E-state index contributed by atoms with van der Waals surface area (Å²) >= 11 is 0. The standard InChI is InChI=1S/C14H22N6O3/c1-7(2)15-12(22)13(23)17-10-5-9(4)19-20(10)14-16-8(3)6-11(21)18-14/h5,7-8,14,16H,6H2,1-4H3,(H,15,22)(H,17,23)(H,18,21). The second-order valence-electron chi connectivity index (χ2n) is 5.94. The minimum atomic E-state index is -0.782. The Morgan fingerprint density at radius 1 is 1.39 bits per heavy atom. The molecule has 1 aromatic rings. The van der Waals surface area contributed by atoms with E-state index in [0.29, 0.717) is 17.9 Å². The van der Waals surface area contributed by atoms with Crippen LogP contribution in [0, 0.1) is 6.92 Å². The topological polar surface area (TPSA) is 117 Å². The molecular weight excluding hydrogens is 300 g/mol. The van der Waals surface area contributed by atoms with Gasteiger partial charge in [0.15, 0.2) is 6.29 Å². The Morgan fingerprint density at radius 2 is 2.09 bits per heavy atom. The summed E-state index contributed by atoms with van der Waals surface area (Å²) in [6, 6.07) is 1.47. The van der Waals surface area contributed by atoms with Crippen LogP contribution in [0.5, 0.6) is 0 Å². The maximum Gasteiger partial charge on any atom is 0.314 e. The Labute approximate surface area is 134 Å². The summed E-state index contributed by atoms with van der Waals surface area (Å²) in [5, 5.41) is 15.2. The van der Waals surface area contributed by atoms with Crippen molar-refractivity contribution in [3.63, 3.8) is 0 Å². The van der Waals surface area contributed by atoms with Crippen molar-refractivity contribution in [3.8, 4) is 0 Å². The van der Waals surface area contributed by atoms with Gasteiger partial charge in [0.2, 0.25) is 5.91 Å². The van der Waals surface area contributed by atoms with Gasteiger partial charge in [-0.25, -0.2) is 4.68 Å². The van der Waals surface area contributed by atoms with Crippen molar-refractivity contribution in [2.45, 2.75) is 52.5 Å². The molecule has 1 aliphatic rings. The predicted molar refractivity (Wildman–Crippen MR) is 83.3 cm³/mol. The first-order valence-electron chi connectivity index (χ1n) is 7.49. The zero-order valence-electron chi connectivity index (χ0n) is 13.6. The van der Waals surface area contributed by atoms with Gasteiger partial charge in [-0.3, -0.25) is 19.7 Å². The third-order valence-corrected chi connectivity index (χ3v) is 3.20. The van der Waals surface area contributed by atoms with E-state index in [4.69, 9.17) is 0 Å². The van der Waals surface area contributed by atoms with E-state index < -0.39 is 18.1 Å². The van der Waals surface area contributed by atoms with E-state index in [-0.39, 0.29) is 18.0 Å². The number of anilines is 1. The van der Waals surface area contributed by atoms with E-state index >= 15 is 0 Å². The molecule has 23 heavy (non-hydrogen) atoms. The molecule has 126 valence electrons. The Hall–Kier alpha value is -2.42. The Kier molecular flexibility index (Phi) is 4.99. The molecular formula is C14H22N6O3. The number of nitrogens with one attached hydrogen (secondary N) is 4. The SMILES string of the molecule is Cc1cc(NC(=O)C(=O)NC(C)C)n(C2NC(=O)CC(C)N2)n1. The molecule has 0 bridgehead atoms.